The van der Waals surface area contributed by atoms with E-state index in [9.17, 15) is 9.59 Å². The molecule has 0 amide bonds. The van der Waals surface area contributed by atoms with E-state index in [4.69, 9.17) is 4.74 Å². The van der Waals surface area contributed by atoms with Gasteiger partial charge < -0.3 is 9.72 Å². The minimum atomic E-state index is -0.662. The summed E-state index contributed by atoms with van der Waals surface area (Å²) in [6.07, 6.45) is -0.662. The monoisotopic (exact) mass is 377 g/mol. The molecule has 0 spiro atoms. The second-order valence-electron chi connectivity index (χ2n) is 5.74. The molecule has 0 saturated heterocycles. The first-order valence-electron chi connectivity index (χ1n) is 7.39. The summed E-state index contributed by atoms with van der Waals surface area (Å²) in [5.74, 6) is 0.389. The van der Waals surface area contributed by atoms with Gasteiger partial charge >= 0.3 is 0 Å². The molecular weight excluding hydrogens is 358 g/mol. The Balaban J connectivity index is 2.27. The first-order chi connectivity index (χ1) is 10.7. The molecule has 4 nitrogen and oxygen atoms in total. The zero-order valence-corrected chi connectivity index (χ0v) is 15.5. The summed E-state index contributed by atoms with van der Waals surface area (Å²) >= 11 is 3.44. The highest BCUT2D eigenvalue weighted by Crippen LogP contribution is 2.28. The highest BCUT2D eigenvalue weighted by molar-refractivity contribution is 9.10. The van der Waals surface area contributed by atoms with Gasteiger partial charge in [-0.1, -0.05) is 6.07 Å². The van der Waals surface area contributed by atoms with E-state index in [1.807, 2.05) is 25.1 Å². The molecule has 1 atom stereocenters. The highest BCUT2D eigenvalue weighted by atomic mass is 79.9. The van der Waals surface area contributed by atoms with Crippen molar-refractivity contribution in [2.75, 3.05) is 0 Å². The molecule has 0 bridgehead atoms. The van der Waals surface area contributed by atoms with Crippen LogP contribution in [0.5, 0.6) is 5.75 Å². The molecule has 0 aliphatic rings. The Hall–Kier alpha value is -1.88. The third-order valence-corrected chi connectivity index (χ3v) is 4.42. The quantitative estimate of drug-likeness (QED) is 0.777. The van der Waals surface area contributed by atoms with E-state index in [-0.39, 0.29) is 11.6 Å². The van der Waals surface area contributed by atoms with Crippen molar-refractivity contribution in [2.24, 2.45) is 0 Å². The Bertz CT molecular complexity index is 777. The van der Waals surface area contributed by atoms with Crippen LogP contribution in [0.1, 0.15) is 51.5 Å². The summed E-state index contributed by atoms with van der Waals surface area (Å²) in [5.41, 5.74) is 3.51. The summed E-state index contributed by atoms with van der Waals surface area (Å²) in [6, 6.07) is 5.69. The van der Waals surface area contributed by atoms with Crippen molar-refractivity contribution in [1.29, 1.82) is 0 Å². The van der Waals surface area contributed by atoms with Crippen molar-refractivity contribution in [3.63, 3.8) is 0 Å². The Morgan fingerprint density at radius 3 is 2.39 bits per heavy atom. The topological polar surface area (TPSA) is 59.2 Å². The molecule has 5 heteroatoms. The van der Waals surface area contributed by atoms with Crippen LogP contribution in [0, 0.1) is 20.8 Å². The average Bonchev–Trinajstić information content (AvgIpc) is 2.76. The molecule has 1 aromatic carbocycles. The van der Waals surface area contributed by atoms with E-state index >= 15 is 0 Å². The maximum atomic E-state index is 12.7. The van der Waals surface area contributed by atoms with Crippen molar-refractivity contribution in [3.8, 4) is 5.75 Å². The van der Waals surface area contributed by atoms with E-state index in [0.717, 1.165) is 10.0 Å². The van der Waals surface area contributed by atoms with Gasteiger partial charge in [-0.05, 0) is 73.8 Å². The normalized spacial score (nSPS) is 12.1. The van der Waals surface area contributed by atoms with Crippen LogP contribution < -0.4 is 4.74 Å². The lowest BCUT2D eigenvalue weighted by atomic mass is 10.0. The Kier molecular flexibility index (Phi) is 5.09. The second kappa shape index (κ2) is 6.71. The van der Waals surface area contributed by atoms with Gasteiger partial charge in [0.15, 0.2) is 11.9 Å². The van der Waals surface area contributed by atoms with E-state index in [0.29, 0.717) is 28.3 Å². The van der Waals surface area contributed by atoms with E-state index in [1.165, 1.54) is 6.92 Å². The predicted molar refractivity (Wildman–Crippen MR) is 93.6 cm³/mol. The lowest BCUT2D eigenvalue weighted by Crippen LogP contribution is -2.25. The number of hydrogen-bond donors (Lipinski definition) is 1. The minimum absolute atomic E-state index is 0.0508. The fourth-order valence-corrected chi connectivity index (χ4v) is 3.26. The number of nitrogens with one attached hydrogen (secondary N) is 1. The number of rotatable bonds is 5. The molecule has 0 aliphatic heterocycles. The average molecular weight is 378 g/mol. The van der Waals surface area contributed by atoms with Crippen LogP contribution in [-0.2, 0) is 0 Å². The molecule has 1 aromatic heterocycles. The number of ketones is 2. The number of ether oxygens (including phenoxy) is 1. The molecule has 23 heavy (non-hydrogen) atoms. The van der Waals surface area contributed by atoms with E-state index in [2.05, 4.69) is 20.9 Å². The van der Waals surface area contributed by atoms with Gasteiger partial charge in [0.25, 0.3) is 0 Å². The van der Waals surface area contributed by atoms with Crippen LogP contribution >= 0.6 is 15.9 Å². The van der Waals surface area contributed by atoms with E-state index in [1.54, 1.807) is 20.8 Å². The maximum absolute atomic E-state index is 12.7. The first kappa shape index (κ1) is 17.5. The van der Waals surface area contributed by atoms with Gasteiger partial charge in [-0.25, -0.2) is 0 Å². The third-order valence-electron chi connectivity index (χ3n) is 3.80. The van der Waals surface area contributed by atoms with Gasteiger partial charge in [0.05, 0.1) is 10.2 Å². The lowest BCUT2D eigenvalue weighted by Gasteiger charge is -2.15. The number of aromatic nitrogens is 1. The summed E-state index contributed by atoms with van der Waals surface area (Å²) in [5, 5.41) is 0. The predicted octanol–water partition coefficient (Wildman–Crippen LogP) is 4.56. The molecular formula is C18H20BrNO3. The van der Waals surface area contributed by atoms with Crippen LogP contribution in [-0.4, -0.2) is 22.7 Å². The van der Waals surface area contributed by atoms with Gasteiger partial charge in [0.1, 0.15) is 5.75 Å². The van der Waals surface area contributed by atoms with Gasteiger partial charge in [-0.15, -0.1) is 0 Å². The summed E-state index contributed by atoms with van der Waals surface area (Å²) < 4.78 is 6.59. The van der Waals surface area contributed by atoms with Gasteiger partial charge in [-0.3, -0.25) is 9.59 Å². The summed E-state index contributed by atoms with van der Waals surface area (Å²) in [6.45, 7) is 8.76. The van der Waals surface area contributed by atoms with Crippen LogP contribution in [0.3, 0.4) is 0 Å². The fourth-order valence-electron chi connectivity index (χ4n) is 2.67. The number of aryl methyl sites for hydroxylation is 2. The van der Waals surface area contributed by atoms with Crippen LogP contribution in [0.25, 0.3) is 0 Å². The molecule has 0 aliphatic carbocycles. The standard InChI is InChI=1S/C18H20BrNO3/c1-9-6-7-15(14(19)8-9)23-13(5)18(22)17-10(2)16(12(4)21)11(3)20-17/h6-8,13,20H,1-5H3/t13-/m0/s1. The number of carbonyl (C=O) groups excluding carboxylic acids is 2. The number of hydrogen-bond acceptors (Lipinski definition) is 3. The number of H-pyrrole nitrogens is 1. The van der Waals surface area contributed by atoms with Crippen molar-refractivity contribution in [1.82, 2.24) is 4.98 Å². The SMILES string of the molecule is CC(=O)c1c(C)[nH]c(C(=O)[C@H](C)Oc2ccc(C)cc2Br)c1C. The number of aromatic amines is 1. The molecule has 2 rings (SSSR count). The maximum Gasteiger partial charge on any atom is 0.219 e. The summed E-state index contributed by atoms with van der Waals surface area (Å²) in [7, 11) is 0. The van der Waals surface area contributed by atoms with Gasteiger partial charge in [0, 0.05) is 11.3 Å². The highest BCUT2D eigenvalue weighted by Gasteiger charge is 2.25. The Morgan fingerprint density at radius 1 is 1.22 bits per heavy atom. The fraction of sp³-hybridized carbons (Fsp3) is 0.333. The molecule has 0 unspecified atom stereocenters. The number of benzene rings is 1. The first-order valence-corrected chi connectivity index (χ1v) is 8.18. The third kappa shape index (κ3) is 3.55. The number of carbonyl (C=O) groups is 2. The van der Waals surface area contributed by atoms with Crippen molar-refractivity contribution < 1.29 is 14.3 Å². The Labute approximate surface area is 144 Å². The van der Waals surface area contributed by atoms with Crippen molar-refractivity contribution >= 4 is 27.5 Å². The number of Topliss-reactive ketones (excluding diaryl/α,β-unsaturated/α-hetero) is 2. The van der Waals surface area contributed by atoms with Gasteiger partial charge in [-0.2, -0.15) is 0 Å². The van der Waals surface area contributed by atoms with Crippen LogP contribution in [0.15, 0.2) is 22.7 Å². The molecule has 0 saturated carbocycles. The zero-order valence-electron chi connectivity index (χ0n) is 13.9. The largest absolute Gasteiger partial charge is 0.481 e. The molecule has 122 valence electrons. The van der Waals surface area contributed by atoms with Gasteiger partial charge in [0.2, 0.25) is 5.78 Å². The van der Waals surface area contributed by atoms with Crippen molar-refractivity contribution in [2.45, 2.75) is 40.7 Å². The smallest absolute Gasteiger partial charge is 0.219 e. The zero-order chi connectivity index (χ0) is 17.3. The molecule has 0 fully saturated rings. The Morgan fingerprint density at radius 2 is 1.87 bits per heavy atom. The van der Waals surface area contributed by atoms with Crippen molar-refractivity contribution in [3.05, 3.63) is 50.8 Å². The lowest BCUT2D eigenvalue weighted by molar-refractivity contribution is 0.0811. The van der Waals surface area contributed by atoms with Crippen LogP contribution in [0.2, 0.25) is 0 Å². The van der Waals surface area contributed by atoms with E-state index < -0.39 is 6.10 Å². The summed E-state index contributed by atoms with van der Waals surface area (Å²) in [4.78, 5) is 27.4. The molecule has 1 heterocycles. The minimum Gasteiger partial charge on any atom is -0.481 e. The van der Waals surface area contributed by atoms with Crippen LogP contribution in [0.4, 0.5) is 0 Å². The molecule has 0 radical (unpaired) electrons. The second-order valence-corrected chi connectivity index (χ2v) is 6.59. The molecule has 1 N–H and O–H groups in total. The number of halogens is 1. The molecule has 2 aromatic rings.